The second-order valence-corrected chi connectivity index (χ2v) is 7.30. The maximum Gasteiger partial charge on any atom is 0.322 e. The Morgan fingerprint density at radius 3 is 1.12 bits per heavy atom. The largest absolute Gasteiger partial charge is 0.467 e. The lowest BCUT2D eigenvalue weighted by molar-refractivity contribution is 0.336. The van der Waals surface area contributed by atoms with Gasteiger partial charge in [0.1, 0.15) is 11.6 Å². The van der Waals surface area contributed by atoms with Gasteiger partial charge in [-0.15, -0.1) is 9.97 Å². The van der Waals surface area contributed by atoms with Crippen molar-refractivity contribution in [3.8, 4) is 24.0 Å². The van der Waals surface area contributed by atoms with Crippen LogP contribution in [0.25, 0.3) is 0 Å². The molecule has 2 aromatic heterocycles. The Bertz CT molecular complexity index is 605. The van der Waals surface area contributed by atoms with Crippen LogP contribution in [0.5, 0.6) is 24.0 Å². The first-order valence-corrected chi connectivity index (χ1v) is 10.1. The van der Waals surface area contributed by atoms with E-state index in [1.807, 2.05) is 0 Å². The Morgan fingerprint density at radius 1 is 0.538 bits per heavy atom. The van der Waals surface area contributed by atoms with Crippen molar-refractivity contribution in [2.45, 2.75) is 12.8 Å². The van der Waals surface area contributed by atoms with Crippen molar-refractivity contribution in [1.29, 1.82) is 0 Å². The topological polar surface area (TPSA) is 114 Å². The summed E-state index contributed by atoms with van der Waals surface area (Å²) in [6, 6.07) is 1.01. The second-order valence-electron chi connectivity index (χ2n) is 4.59. The molecule has 12 heteroatoms. The van der Waals surface area contributed by atoms with Gasteiger partial charge >= 0.3 is 24.0 Å². The number of aromatic nitrogens is 6. The zero-order valence-corrected chi connectivity index (χ0v) is 16.6. The highest BCUT2D eigenvalue weighted by Crippen LogP contribution is 2.23. The van der Waals surface area contributed by atoms with Crippen LogP contribution in [0.15, 0.2) is 0 Å². The number of methoxy groups -OCH3 is 4. The lowest BCUT2D eigenvalue weighted by Gasteiger charge is -2.06. The van der Waals surface area contributed by atoms with Gasteiger partial charge in [-0.1, -0.05) is 21.6 Å². The standard InChI is InChI=1S/C14H20N6O4S2/c1-21-11-15-9(16-12(19-11)22-2)5-7-25-26-8-6-10-17-13(23-3)20-14(18-10)24-4/h5-8H2,1-4H3. The van der Waals surface area contributed by atoms with Crippen LogP contribution in [0.3, 0.4) is 0 Å². The van der Waals surface area contributed by atoms with E-state index in [0.717, 1.165) is 11.5 Å². The average molecular weight is 400 g/mol. The molecule has 2 heterocycles. The summed E-state index contributed by atoms with van der Waals surface area (Å²) < 4.78 is 20.1. The van der Waals surface area contributed by atoms with E-state index < -0.39 is 0 Å². The fourth-order valence-corrected chi connectivity index (χ4v) is 3.70. The molecule has 0 aliphatic heterocycles. The average Bonchev–Trinajstić information content (AvgIpc) is 2.69. The molecule has 0 saturated carbocycles. The molecule has 2 rings (SSSR count). The van der Waals surface area contributed by atoms with Gasteiger partial charge in [0, 0.05) is 24.3 Å². The minimum absolute atomic E-state index is 0.252. The number of hydrogen-bond donors (Lipinski definition) is 0. The molecule has 0 saturated heterocycles. The van der Waals surface area contributed by atoms with Gasteiger partial charge in [-0.05, 0) is 0 Å². The molecule has 0 fully saturated rings. The van der Waals surface area contributed by atoms with Crippen LogP contribution in [0.1, 0.15) is 11.6 Å². The number of hydrogen-bond acceptors (Lipinski definition) is 12. The lowest BCUT2D eigenvalue weighted by atomic mass is 10.4. The van der Waals surface area contributed by atoms with E-state index in [1.165, 1.54) is 28.4 Å². The van der Waals surface area contributed by atoms with E-state index in [1.54, 1.807) is 21.6 Å². The number of rotatable bonds is 11. The zero-order chi connectivity index (χ0) is 18.8. The van der Waals surface area contributed by atoms with Gasteiger partial charge in [-0.2, -0.15) is 19.9 Å². The lowest BCUT2D eigenvalue weighted by Crippen LogP contribution is -2.05. The van der Waals surface area contributed by atoms with Crippen molar-refractivity contribution in [2.24, 2.45) is 0 Å². The Labute approximate surface area is 159 Å². The summed E-state index contributed by atoms with van der Waals surface area (Å²) in [6.07, 6.45) is 1.36. The van der Waals surface area contributed by atoms with Gasteiger partial charge in [0.15, 0.2) is 0 Å². The van der Waals surface area contributed by atoms with Crippen LogP contribution in [-0.4, -0.2) is 69.8 Å². The van der Waals surface area contributed by atoms with E-state index in [9.17, 15) is 0 Å². The van der Waals surface area contributed by atoms with Crippen LogP contribution >= 0.6 is 21.6 Å². The molecular weight excluding hydrogens is 380 g/mol. The third kappa shape index (κ3) is 6.33. The minimum Gasteiger partial charge on any atom is -0.467 e. The summed E-state index contributed by atoms with van der Waals surface area (Å²) >= 11 is 0. The van der Waals surface area contributed by atoms with E-state index in [0.29, 0.717) is 24.5 Å². The summed E-state index contributed by atoms with van der Waals surface area (Å²) in [5.74, 6) is 2.94. The molecular formula is C14H20N6O4S2. The predicted molar refractivity (Wildman–Crippen MR) is 98.2 cm³/mol. The zero-order valence-electron chi connectivity index (χ0n) is 15.0. The summed E-state index contributed by atoms with van der Waals surface area (Å²) in [4.78, 5) is 24.8. The Kier molecular flexibility index (Phi) is 8.41. The van der Waals surface area contributed by atoms with Crippen molar-refractivity contribution in [3.05, 3.63) is 11.6 Å². The molecule has 0 radical (unpaired) electrons. The highest BCUT2D eigenvalue weighted by molar-refractivity contribution is 8.76. The van der Waals surface area contributed by atoms with E-state index in [2.05, 4.69) is 29.9 Å². The van der Waals surface area contributed by atoms with Crippen LogP contribution in [-0.2, 0) is 12.8 Å². The van der Waals surface area contributed by atoms with E-state index >= 15 is 0 Å². The molecule has 0 aliphatic carbocycles. The molecule has 0 atom stereocenters. The molecule has 0 aliphatic rings. The molecule has 26 heavy (non-hydrogen) atoms. The summed E-state index contributed by atoms with van der Waals surface area (Å²) in [5, 5.41) is 0. The fourth-order valence-electron chi connectivity index (χ4n) is 1.73. The Hall–Kier alpha value is -2.08. The van der Waals surface area contributed by atoms with E-state index in [4.69, 9.17) is 18.9 Å². The predicted octanol–water partition coefficient (Wildman–Crippen LogP) is 1.26. The molecule has 0 N–H and O–H groups in total. The molecule has 0 amide bonds. The normalized spacial score (nSPS) is 10.5. The highest BCUT2D eigenvalue weighted by Gasteiger charge is 2.09. The fraction of sp³-hybridized carbons (Fsp3) is 0.571. The summed E-state index contributed by atoms with van der Waals surface area (Å²) in [7, 11) is 9.46. The molecule has 0 aromatic carbocycles. The van der Waals surface area contributed by atoms with Crippen LogP contribution in [0, 0.1) is 0 Å². The maximum absolute atomic E-state index is 5.04. The minimum atomic E-state index is 0.252. The number of nitrogens with zero attached hydrogens (tertiary/aromatic N) is 6. The maximum atomic E-state index is 5.04. The molecule has 2 aromatic rings. The Balaban J connectivity index is 1.74. The Morgan fingerprint density at radius 2 is 0.846 bits per heavy atom. The van der Waals surface area contributed by atoms with Crippen molar-refractivity contribution in [1.82, 2.24) is 29.9 Å². The van der Waals surface area contributed by atoms with Crippen LogP contribution < -0.4 is 18.9 Å². The van der Waals surface area contributed by atoms with Crippen molar-refractivity contribution < 1.29 is 18.9 Å². The second kappa shape index (κ2) is 10.8. The van der Waals surface area contributed by atoms with Crippen LogP contribution in [0.4, 0.5) is 0 Å². The van der Waals surface area contributed by atoms with Gasteiger partial charge in [0.2, 0.25) is 0 Å². The third-order valence-electron chi connectivity index (χ3n) is 2.91. The smallest absolute Gasteiger partial charge is 0.322 e. The first-order valence-electron chi connectivity index (χ1n) is 7.58. The highest BCUT2D eigenvalue weighted by atomic mass is 33.1. The quantitative estimate of drug-likeness (QED) is 0.399. The number of aryl methyl sites for hydroxylation is 2. The molecule has 10 nitrogen and oxygen atoms in total. The van der Waals surface area contributed by atoms with Crippen molar-refractivity contribution in [2.75, 3.05) is 39.9 Å². The SMILES string of the molecule is COc1nc(CCSSCCc2nc(OC)nc(OC)n2)nc(OC)n1. The molecule has 0 bridgehead atoms. The summed E-state index contributed by atoms with van der Waals surface area (Å²) in [5.41, 5.74) is 0. The van der Waals surface area contributed by atoms with E-state index in [-0.39, 0.29) is 24.0 Å². The number of ether oxygens (including phenoxy) is 4. The van der Waals surface area contributed by atoms with Crippen molar-refractivity contribution in [3.63, 3.8) is 0 Å². The van der Waals surface area contributed by atoms with Gasteiger partial charge in [0.25, 0.3) is 0 Å². The van der Waals surface area contributed by atoms with Gasteiger partial charge in [-0.3, -0.25) is 0 Å². The molecule has 0 spiro atoms. The first-order chi connectivity index (χ1) is 12.7. The monoisotopic (exact) mass is 400 g/mol. The van der Waals surface area contributed by atoms with Gasteiger partial charge in [-0.25, -0.2) is 0 Å². The molecule has 142 valence electrons. The van der Waals surface area contributed by atoms with Crippen molar-refractivity contribution >= 4 is 21.6 Å². The summed E-state index contributed by atoms with van der Waals surface area (Å²) in [6.45, 7) is 0. The third-order valence-corrected chi connectivity index (χ3v) is 5.32. The van der Waals surface area contributed by atoms with Crippen LogP contribution in [0.2, 0.25) is 0 Å². The molecule has 0 unspecified atom stereocenters. The van der Waals surface area contributed by atoms with Gasteiger partial charge in [0.05, 0.1) is 28.4 Å². The van der Waals surface area contributed by atoms with Gasteiger partial charge < -0.3 is 18.9 Å². The first kappa shape index (κ1) is 20.2.